The zero-order chi connectivity index (χ0) is 32.1. The molecule has 226 valence electrons. The molecule has 0 heterocycles. The molecule has 1 aliphatic carbocycles. The van der Waals surface area contributed by atoms with Gasteiger partial charge in [-0.1, -0.05) is 36.4 Å². The van der Waals surface area contributed by atoms with Crippen molar-refractivity contribution in [3.05, 3.63) is 101 Å². The monoisotopic (exact) mass is 640 g/mol. The predicted molar refractivity (Wildman–Crippen MR) is 168 cm³/mol. The number of nitrogens with zero attached hydrogens (tertiary/aromatic N) is 3. The maximum absolute atomic E-state index is 13.2. The van der Waals surface area contributed by atoms with Crippen molar-refractivity contribution >= 4 is 87.8 Å². The van der Waals surface area contributed by atoms with Crippen LogP contribution in [0.5, 0.6) is 0 Å². The molecule has 0 aliphatic heterocycles. The third-order valence-corrected chi connectivity index (χ3v) is 8.75. The van der Waals surface area contributed by atoms with Crippen LogP contribution in [0.25, 0.3) is 27.6 Å². The van der Waals surface area contributed by atoms with Crippen molar-refractivity contribution in [3.63, 3.8) is 0 Å². The number of rotatable bonds is 6. The summed E-state index contributed by atoms with van der Waals surface area (Å²) in [5.74, 6) is -0.785. The number of anilines is 3. The molecule has 0 radical (unpaired) electrons. The summed E-state index contributed by atoms with van der Waals surface area (Å²) in [6.07, 6.45) is 1.09. The Balaban J connectivity index is 1.38. The average Bonchev–Trinajstić information content (AvgIpc) is 3.00. The van der Waals surface area contributed by atoms with Crippen LogP contribution >= 0.6 is 0 Å². The molecule has 0 spiro atoms. The number of ketones is 1. The number of hydrazone groups is 1. The lowest BCUT2D eigenvalue weighted by molar-refractivity contribution is 0.106. The topological polar surface area (TPSA) is 233 Å². The largest absolute Gasteiger partial charge is 0.744 e. The third-order valence-electron chi connectivity index (χ3n) is 7.07. The summed E-state index contributed by atoms with van der Waals surface area (Å²) in [6, 6.07) is 21.4. The molecule has 0 saturated carbocycles. The lowest BCUT2D eigenvalue weighted by Crippen LogP contribution is -2.27. The molecule has 0 unspecified atom stereocenters. The zero-order valence-electron chi connectivity index (χ0n) is 22.8. The predicted octanol–water partition coefficient (Wildman–Crippen LogP) is 5.03. The molecule has 13 nitrogen and oxygen atoms in total. The number of allylic oxidation sites excluding steroid dienone is 1. The number of nitrogens with one attached hydrogen (secondary N) is 1. The maximum Gasteiger partial charge on any atom is 0.215 e. The summed E-state index contributed by atoms with van der Waals surface area (Å²) in [5, 5.41) is 14.7. The number of carbonyl (C=O) groups excluding carboxylic acids is 1. The molecule has 6 rings (SSSR count). The van der Waals surface area contributed by atoms with Gasteiger partial charge in [0.25, 0.3) is 0 Å². The highest BCUT2D eigenvalue weighted by molar-refractivity contribution is 7.91. The minimum Gasteiger partial charge on any atom is -0.744 e. The molecule has 0 atom stereocenters. The number of fused-ring (bicyclic) bond motifs is 3. The molecule has 0 aromatic heterocycles. The Kier molecular flexibility index (Phi) is 7.17. The molecule has 0 bridgehead atoms. The summed E-state index contributed by atoms with van der Waals surface area (Å²) < 4.78 is 70.7. The summed E-state index contributed by atoms with van der Waals surface area (Å²) in [7, 11) is -9.76. The van der Waals surface area contributed by atoms with Gasteiger partial charge in [0.15, 0.2) is 0 Å². The van der Waals surface area contributed by atoms with Gasteiger partial charge >= 0.3 is 0 Å². The molecular weight excluding hydrogens is 620 g/mol. The Hall–Kier alpha value is -5.48. The highest BCUT2D eigenvalue weighted by Gasteiger charge is 2.29. The van der Waals surface area contributed by atoms with Crippen molar-refractivity contribution in [2.45, 2.75) is 4.90 Å². The van der Waals surface area contributed by atoms with Gasteiger partial charge in [0, 0.05) is 38.5 Å². The average molecular weight is 641 g/mol. The van der Waals surface area contributed by atoms with Crippen LogP contribution in [0.15, 0.2) is 110 Å². The standard InChI is InChI=1S/C30H22N6O7S2/c31-17-6-5-16-13-28(45(41,42)43)29(30(37)22(16)14-17)36-35-27-12-11-26(19-3-1-2-4-20(19)27)34-33-25-10-9-24(32)23-15-18(44(38,39)40)7-8-21(23)25/h1-15,35H,31-32H2,(H,38,39,40)(H,41,42,43)/p-2. The van der Waals surface area contributed by atoms with Crippen LogP contribution in [0.1, 0.15) is 15.9 Å². The molecule has 0 amide bonds. The Morgan fingerprint density at radius 1 is 0.689 bits per heavy atom. The zero-order valence-corrected chi connectivity index (χ0v) is 24.5. The number of nitrogen functional groups attached to an aromatic ring is 2. The molecule has 0 fully saturated rings. The SMILES string of the molecule is Nc1ccc2c(c1)C(=O)C(=NNc1ccc(N=Nc3ccc(N)c4cc(S(=O)(=O)[O-])ccc34)c3ccccc13)C(S(=O)(=O)[O-])=C2. The van der Waals surface area contributed by atoms with Crippen LogP contribution in [0.4, 0.5) is 28.4 Å². The maximum atomic E-state index is 13.2. The van der Waals surface area contributed by atoms with Gasteiger partial charge in [-0.05, 0) is 60.2 Å². The lowest BCUT2D eigenvalue weighted by Gasteiger charge is -2.20. The van der Waals surface area contributed by atoms with Crippen molar-refractivity contribution in [3.8, 4) is 0 Å². The van der Waals surface area contributed by atoms with Gasteiger partial charge in [-0.25, -0.2) is 16.8 Å². The van der Waals surface area contributed by atoms with E-state index < -0.39 is 41.5 Å². The quantitative estimate of drug-likeness (QED) is 0.0969. The summed E-state index contributed by atoms with van der Waals surface area (Å²) >= 11 is 0. The number of azo groups is 1. The van der Waals surface area contributed by atoms with E-state index in [1.54, 1.807) is 42.5 Å². The van der Waals surface area contributed by atoms with Crippen LogP contribution in [0.3, 0.4) is 0 Å². The number of hydrogen-bond donors (Lipinski definition) is 3. The van der Waals surface area contributed by atoms with E-state index in [2.05, 4.69) is 20.8 Å². The summed E-state index contributed by atoms with van der Waals surface area (Å²) in [6.45, 7) is 0. The second-order valence-corrected chi connectivity index (χ2v) is 12.7. The van der Waals surface area contributed by atoms with Gasteiger partial charge in [-0.3, -0.25) is 10.2 Å². The van der Waals surface area contributed by atoms with E-state index in [0.29, 0.717) is 38.6 Å². The number of nitrogens with two attached hydrogens (primary N) is 2. The second kappa shape index (κ2) is 10.9. The highest BCUT2D eigenvalue weighted by Crippen LogP contribution is 2.36. The van der Waals surface area contributed by atoms with E-state index in [9.17, 15) is 30.7 Å². The van der Waals surface area contributed by atoms with Crippen molar-refractivity contribution in [2.75, 3.05) is 16.9 Å². The normalized spacial score (nSPS) is 14.7. The van der Waals surface area contributed by atoms with Gasteiger partial charge in [0.1, 0.15) is 25.9 Å². The van der Waals surface area contributed by atoms with Crippen LogP contribution in [-0.2, 0) is 20.2 Å². The van der Waals surface area contributed by atoms with Crippen molar-refractivity contribution in [1.82, 2.24) is 0 Å². The van der Waals surface area contributed by atoms with Crippen LogP contribution < -0.4 is 16.9 Å². The van der Waals surface area contributed by atoms with Crippen molar-refractivity contribution in [2.24, 2.45) is 15.3 Å². The fourth-order valence-electron chi connectivity index (χ4n) is 4.91. The van der Waals surface area contributed by atoms with Crippen molar-refractivity contribution < 1.29 is 30.7 Å². The Labute approximate surface area is 256 Å². The van der Waals surface area contributed by atoms with Crippen LogP contribution in [0, 0.1) is 0 Å². The van der Waals surface area contributed by atoms with E-state index in [1.165, 1.54) is 42.5 Å². The summed E-state index contributed by atoms with van der Waals surface area (Å²) in [4.78, 5) is 12.0. The van der Waals surface area contributed by atoms with Crippen LogP contribution in [-0.4, -0.2) is 37.4 Å². The van der Waals surface area contributed by atoms with Gasteiger partial charge in [0.05, 0.1) is 26.9 Å². The molecular formula is C30H20N6O7S2-2. The second-order valence-electron chi connectivity index (χ2n) is 9.92. The molecule has 1 aliphatic rings. The van der Waals surface area contributed by atoms with E-state index in [-0.39, 0.29) is 22.5 Å². The number of hydrogen-bond acceptors (Lipinski definition) is 13. The van der Waals surface area contributed by atoms with Gasteiger partial charge in [-0.15, -0.1) is 10.2 Å². The van der Waals surface area contributed by atoms with Gasteiger partial charge in [-0.2, -0.15) is 5.10 Å². The number of Topliss-reactive ketones (excluding diaryl/α,β-unsaturated/α-hetero) is 1. The van der Waals surface area contributed by atoms with Gasteiger partial charge in [0.2, 0.25) is 5.78 Å². The first-order valence-electron chi connectivity index (χ1n) is 13.0. The van der Waals surface area contributed by atoms with E-state index in [0.717, 1.165) is 6.08 Å². The first-order chi connectivity index (χ1) is 21.3. The number of carbonyl (C=O) groups is 1. The Morgan fingerprint density at radius 3 is 2.04 bits per heavy atom. The Morgan fingerprint density at radius 2 is 1.36 bits per heavy atom. The fraction of sp³-hybridized carbons (Fsp3) is 0. The third kappa shape index (κ3) is 5.63. The first kappa shape index (κ1) is 29.6. The summed E-state index contributed by atoms with van der Waals surface area (Å²) in [5.41, 5.74) is 16.0. The van der Waals surface area contributed by atoms with E-state index in [4.69, 9.17) is 11.5 Å². The lowest BCUT2D eigenvalue weighted by atomic mass is 9.94. The number of benzene rings is 5. The molecule has 5 aromatic rings. The van der Waals surface area contributed by atoms with Gasteiger partial charge < -0.3 is 20.6 Å². The molecule has 0 saturated heterocycles. The molecule has 45 heavy (non-hydrogen) atoms. The van der Waals surface area contributed by atoms with Crippen molar-refractivity contribution in [1.29, 1.82) is 0 Å². The minimum atomic E-state index is -5.07. The van der Waals surface area contributed by atoms with Crippen LogP contribution in [0.2, 0.25) is 0 Å². The minimum absolute atomic E-state index is 0.102. The molecule has 15 heteroatoms. The molecule has 5 aromatic carbocycles. The van der Waals surface area contributed by atoms with E-state index in [1.807, 2.05) is 0 Å². The fourth-order valence-corrected chi connectivity index (χ4v) is 6.05. The highest BCUT2D eigenvalue weighted by atomic mass is 32.2. The van der Waals surface area contributed by atoms with E-state index >= 15 is 0 Å². The Bertz CT molecular complexity index is 2400. The smallest absolute Gasteiger partial charge is 0.215 e. The molecule has 5 N–H and O–H groups in total. The first-order valence-corrected chi connectivity index (χ1v) is 15.8.